The van der Waals surface area contributed by atoms with Crippen molar-refractivity contribution in [2.45, 2.75) is 26.7 Å². The summed E-state index contributed by atoms with van der Waals surface area (Å²) in [4.78, 5) is 14.0. The van der Waals surface area contributed by atoms with E-state index in [9.17, 15) is 0 Å². The average Bonchev–Trinajstić information content (AvgIpc) is 2.86. The monoisotopic (exact) mass is 296 g/mol. The maximum atomic E-state index is 5.48. The fourth-order valence-corrected chi connectivity index (χ4v) is 2.52. The van der Waals surface area contributed by atoms with Gasteiger partial charge in [-0.25, -0.2) is 15.0 Å². The summed E-state index contributed by atoms with van der Waals surface area (Å²) < 4.78 is 7.45. The number of fused-ring (bicyclic) bond motifs is 1. The summed E-state index contributed by atoms with van der Waals surface area (Å²) >= 11 is 0. The minimum atomic E-state index is 0.352. The lowest BCUT2D eigenvalue weighted by atomic mass is 10.1. The van der Waals surface area contributed by atoms with E-state index in [1.807, 2.05) is 42.9 Å². The molecule has 5 heteroatoms. The van der Waals surface area contributed by atoms with Gasteiger partial charge in [-0.1, -0.05) is 13.8 Å². The van der Waals surface area contributed by atoms with Crippen LogP contribution in [0.2, 0.25) is 0 Å². The van der Waals surface area contributed by atoms with E-state index in [1.54, 1.807) is 7.11 Å². The Morgan fingerprint density at radius 2 is 1.86 bits per heavy atom. The summed E-state index contributed by atoms with van der Waals surface area (Å²) in [5.41, 5.74) is 5.32. The van der Waals surface area contributed by atoms with Crippen molar-refractivity contribution < 1.29 is 4.74 Å². The van der Waals surface area contributed by atoms with E-state index in [4.69, 9.17) is 9.72 Å². The van der Waals surface area contributed by atoms with Crippen molar-refractivity contribution in [1.82, 2.24) is 19.5 Å². The molecule has 0 N–H and O–H groups in total. The highest BCUT2D eigenvalue weighted by Crippen LogP contribution is 2.31. The van der Waals surface area contributed by atoms with E-state index in [2.05, 4.69) is 23.8 Å². The van der Waals surface area contributed by atoms with Crippen LogP contribution in [0.5, 0.6) is 5.88 Å². The molecule has 0 atom stereocenters. The molecule has 0 saturated heterocycles. The average molecular weight is 296 g/mol. The summed E-state index contributed by atoms with van der Waals surface area (Å²) in [6.07, 6.45) is 1.96. The summed E-state index contributed by atoms with van der Waals surface area (Å²) in [5, 5.41) is 0. The number of hydrogen-bond donors (Lipinski definition) is 0. The van der Waals surface area contributed by atoms with Crippen LogP contribution in [0.3, 0.4) is 0 Å². The Kier molecular flexibility index (Phi) is 3.56. The first kappa shape index (κ1) is 14.5. The molecule has 3 aromatic rings. The van der Waals surface area contributed by atoms with E-state index < -0.39 is 0 Å². The maximum absolute atomic E-state index is 5.48. The zero-order valence-corrected chi connectivity index (χ0v) is 13.6. The number of ether oxygens (including phenoxy) is 1. The second-order valence-electron chi connectivity index (χ2n) is 5.74. The van der Waals surface area contributed by atoms with E-state index in [1.165, 1.54) is 0 Å². The molecule has 0 fully saturated rings. The highest BCUT2D eigenvalue weighted by Gasteiger charge is 2.16. The van der Waals surface area contributed by atoms with Crippen LogP contribution in [-0.4, -0.2) is 26.6 Å². The van der Waals surface area contributed by atoms with Crippen molar-refractivity contribution in [2.24, 2.45) is 7.05 Å². The molecule has 0 aliphatic rings. The first-order chi connectivity index (χ1) is 10.5. The van der Waals surface area contributed by atoms with Gasteiger partial charge in [-0.2, -0.15) is 0 Å². The van der Waals surface area contributed by atoms with Gasteiger partial charge in [0, 0.05) is 18.9 Å². The van der Waals surface area contributed by atoms with E-state index in [0.29, 0.717) is 11.8 Å². The highest BCUT2D eigenvalue weighted by molar-refractivity contribution is 5.77. The zero-order chi connectivity index (χ0) is 15.9. The van der Waals surface area contributed by atoms with Crippen LogP contribution >= 0.6 is 0 Å². The third-order valence-electron chi connectivity index (χ3n) is 3.79. The standard InChI is InChI=1S/C17H20N4O/c1-10(2)13-7-6-12(17(19-13)22-5)15-11(3)18-14-8-9-21(4)16(14)20-15/h6-10H,1-5H3. The molecule has 0 spiro atoms. The van der Waals surface area contributed by atoms with Crippen molar-refractivity contribution in [3.8, 4) is 17.1 Å². The molecule has 0 saturated carbocycles. The van der Waals surface area contributed by atoms with Gasteiger partial charge < -0.3 is 9.30 Å². The lowest BCUT2D eigenvalue weighted by molar-refractivity contribution is 0.397. The fourth-order valence-electron chi connectivity index (χ4n) is 2.52. The Hall–Kier alpha value is -2.43. The van der Waals surface area contributed by atoms with E-state index in [0.717, 1.165) is 33.8 Å². The molecule has 3 rings (SSSR count). The molecular formula is C17H20N4O. The lowest BCUT2D eigenvalue weighted by Crippen LogP contribution is -2.01. The SMILES string of the molecule is COc1nc(C(C)C)ccc1-c1nc2c(ccn2C)nc1C. The van der Waals surface area contributed by atoms with E-state index >= 15 is 0 Å². The number of nitrogens with zero attached hydrogens (tertiary/aromatic N) is 4. The number of methoxy groups -OCH3 is 1. The molecule has 0 aromatic carbocycles. The minimum Gasteiger partial charge on any atom is -0.480 e. The molecule has 3 aromatic heterocycles. The Balaban J connectivity index is 2.22. The Morgan fingerprint density at radius 1 is 1.09 bits per heavy atom. The molecule has 22 heavy (non-hydrogen) atoms. The molecule has 0 radical (unpaired) electrons. The minimum absolute atomic E-state index is 0.352. The fraction of sp³-hybridized carbons (Fsp3) is 0.353. The van der Waals surface area contributed by atoms with Gasteiger partial charge in [0.2, 0.25) is 5.88 Å². The molecule has 3 heterocycles. The predicted octanol–water partition coefficient (Wildman–Crippen LogP) is 3.47. The molecule has 0 aliphatic heterocycles. The van der Waals surface area contributed by atoms with Gasteiger partial charge in [-0.15, -0.1) is 0 Å². The van der Waals surface area contributed by atoms with Crippen molar-refractivity contribution in [3.05, 3.63) is 35.8 Å². The lowest BCUT2D eigenvalue weighted by Gasteiger charge is -2.12. The van der Waals surface area contributed by atoms with E-state index in [-0.39, 0.29) is 0 Å². The second-order valence-corrected chi connectivity index (χ2v) is 5.74. The van der Waals surface area contributed by atoms with Crippen LogP contribution in [0.15, 0.2) is 24.4 Å². The molecule has 0 unspecified atom stereocenters. The van der Waals surface area contributed by atoms with Gasteiger partial charge >= 0.3 is 0 Å². The van der Waals surface area contributed by atoms with Crippen LogP contribution in [0.4, 0.5) is 0 Å². The van der Waals surface area contributed by atoms with Crippen LogP contribution in [0.1, 0.15) is 31.2 Å². The molecule has 5 nitrogen and oxygen atoms in total. The third-order valence-corrected chi connectivity index (χ3v) is 3.79. The first-order valence-corrected chi connectivity index (χ1v) is 7.36. The topological polar surface area (TPSA) is 52.8 Å². The Labute approximate surface area is 130 Å². The van der Waals surface area contributed by atoms with Crippen molar-refractivity contribution in [2.75, 3.05) is 7.11 Å². The number of pyridine rings is 1. The van der Waals surface area contributed by atoms with Crippen LogP contribution in [0, 0.1) is 6.92 Å². The predicted molar refractivity (Wildman–Crippen MR) is 87.1 cm³/mol. The van der Waals surface area contributed by atoms with Crippen molar-refractivity contribution in [1.29, 1.82) is 0 Å². The smallest absolute Gasteiger partial charge is 0.222 e. The van der Waals surface area contributed by atoms with Crippen LogP contribution in [0.25, 0.3) is 22.4 Å². The Bertz CT molecular complexity index is 836. The zero-order valence-electron chi connectivity index (χ0n) is 13.6. The van der Waals surface area contributed by atoms with Crippen molar-refractivity contribution in [3.63, 3.8) is 0 Å². The number of aryl methyl sites for hydroxylation is 2. The Morgan fingerprint density at radius 3 is 2.55 bits per heavy atom. The first-order valence-electron chi connectivity index (χ1n) is 7.36. The molecular weight excluding hydrogens is 276 g/mol. The van der Waals surface area contributed by atoms with Crippen molar-refractivity contribution >= 4 is 11.2 Å². The largest absolute Gasteiger partial charge is 0.480 e. The summed E-state index contributed by atoms with van der Waals surface area (Å²) in [6.45, 7) is 6.19. The van der Waals surface area contributed by atoms with Gasteiger partial charge in [-0.3, -0.25) is 0 Å². The van der Waals surface area contributed by atoms with Gasteiger partial charge in [0.1, 0.15) is 5.52 Å². The van der Waals surface area contributed by atoms with Gasteiger partial charge in [0.25, 0.3) is 0 Å². The van der Waals surface area contributed by atoms with Crippen LogP contribution < -0.4 is 4.74 Å². The summed E-state index contributed by atoms with van der Waals surface area (Å²) in [5.74, 6) is 0.947. The summed E-state index contributed by atoms with van der Waals surface area (Å²) in [6, 6.07) is 6.02. The van der Waals surface area contributed by atoms with Crippen LogP contribution in [-0.2, 0) is 7.05 Å². The van der Waals surface area contributed by atoms with Gasteiger partial charge in [-0.05, 0) is 31.0 Å². The number of hydrogen-bond acceptors (Lipinski definition) is 4. The van der Waals surface area contributed by atoms with Gasteiger partial charge in [0.05, 0.1) is 24.1 Å². The highest BCUT2D eigenvalue weighted by atomic mass is 16.5. The second kappa shape index (κ2) is 5.40. The molecule has 0 amide bonds. The molecule has 0 aliphatic carbocycles. The normalized spacial score (nSPS) is 11.4. The quantitative estimate of drug-likeness (QED) is 0.742. The molecule has 114 valence electrons. The maximum Gasteiger partial charge on any atom is 0.222 e. The summed E-state index contributed by atoms with van der Waals surface area (Å²) in [7, 11) is 3.60. The number of aromatic nitrogens is 4. The third kappa shape index (κ3) is 2.32. The molecule has 0 bridgehead atoms. The van der Waals surface area contributed by atoms with Gasteiger partial charge in [0.15, 0.2) is 5.65 Å². The number of rotatable bonds is 3.